The van der Waals surface area contributed by atoms with E-state index in [-0.39, 0.29) is 17.4 Å². The summed E-state index contributed by atoms with van der Waals surface area (Å²) in [7, 11) is 0. The Labute approximate surface area is 228 Å². The Hall–Kier alpha value is -3.95. The smallest absolute Gasteiger partial charge is 0.276 e. The van der Waals surface area contributed by atoms with Gasteiger partial charge in [-0.05, 0) is 47.4 Å². The fraction of sp³-hybridized carbons (Fsp3) is 0.367. The zero-order chi connectivity index (χ0) is 27.2. The number of carbonyl (C=O) groups excluding carboxylic acids is 2. The number of nitrogens with zero attached hydrogens (tertiary/aromatic N) is 4. The average molecular weight is 527 g/mol. The Morgan fingerprint density at radius 2 is 1.85 bits per heavy atom. The fourth-order valence-corrected chi connectivity index (χ4v) is 4.88. The van der Waals surface area contributed by atoms with Gasteiger partial charge in [0.1, 0.15) is 5.69 Å². The second kappa shape index (κ2) is 12.3. The first-order valence-electron chi connectivity index (χ1n) is 13.6. The van der Waals surface area contributed by atoms with Gasteiger partial charge in [-0.1, -0.05) is 32.8 Å². The molecule has 0 atom stereocenters. The van der Waals surface area contributed by atoms with Crippen LogP contribution in [-0.2, 0) is 11.3 Å². The number of anilines is 1. The van der Waals surface area contributed by atoms with Crippen molar-refractivity contribution < 1.29 is 14.3 Å². The van der Waals surface area contributed by atoms with E-state index in [0.717, 1.165) is 67.9 Å². The molecule has 1 aliphatic rings. The van der Waals surface area contributed by atoms with E-state index in [1.165, 1.54) is 6.20 Å². The van der Waals surface area contributed by atoms with Crippen LogP contribution in [0.25, 0.3) is 22.0 Å². The number of nitrogens with one attached hydrogen (secondary N) is 2. The van der Waals surface area contributed by atoms with Crippen LogP contribution < -0.4 is 5.32 Å². The number of hydrogen-bond acceptors (Lipinski definition) is 7. The van der Waals surface area contributed by atoms with Crippen LogP contribution in [0.3, 0.4) is 0 Å². The molecule has 1 fully saturated rings. The standard InChI is InChI=1S/C30H34N6O3/c1-3-20(4-2)14-28(37)27-8-6-24(18-32-27)33-30(38)29-25-15-22(5-7-26(25)34-35-29)23-13-21(16-31-17-23)19-36-9-11-39-12-10-36/h5-8,13,15-18,20H,3-4,9-12,14,19H2,1-2H3,(H,33,38)(H,34,35). The molecule has 39 heavy (non-hydrogen) atoms. The summed E-state index contributed by atoms with van der Waals surface area (Å²) in [5.74, 6) is 0.0333. The van der Waals surface area contributed by atoms with Gasteiger partial charge in [0.2, 0.25) is 0 Å². The number of Topliss-reactive ketones (excluding diaryl/α,β-unsaturated/α-hetero) is 1. The van der Waals surface area contributed by atoms with Crippen molar-refractivity contribution in [1.29, 1.82) is 0 Å². The molecule has 0 unspecified atom stereocenters. The van der Waals surface area contributed by atoms with Crippen molar-refractivity contribution >= 4 is 28.3 Å². The van der Waals surface area contributed by atoms with Crippen molar-refractivity contribution in [3.63, 3.8) is 0 Å². The summed E-state index contributed by atoms with van der Waals surface area (Å²) in [5.41, 5.74) is 5.05. The van der Waals surface area contributed by atoms with E-state index in [9.17, 15) is 9.59 Å². The molecular formula is C30H34N6O3. The lowest BCUT2D eigenvalue weighted by Crippen LogP contribution is -2.35. The van der Waals surface area contributed by atoms with E-state index in [1.54, 1.807) is 12.1 Å². The molecule has 1 amide bonds. The van der Waals surface area contributed by atoms with Crippen LogP contribution in [-0.4, -0.2) is 63.1 Å². The lowest BCUT2D eigenvalue weighted by molar-refractivity contribution is 0.0341. The number of hydrogen-bond donors (Lipinski definition) is 2. The molecule has 202 valence electrons. The maximum atomic E-state index is 13.1. The first kappa shape index (κ1) is 26.6. The van der Waals surface area contributed by atoms with Gasteiger partial charge in [0.05, 0.1) is 30.6 Å². The summed E-state index contributed by atoms with van der Waals surface area (Å²) in [6.07, 6.45) is 7.66. The zero-order valence-corrected chi connectivity index (χ0v) is 22.4. The number of morpholine rings is 1. The van der Waals surface area contributed by atoms with E-state index in [0.29, 0.717) is 29.1 Å². The van der Waals surface area contributed by atoms with Crippen LogP contribution in [0.15, 0.2) is 55.0 Å². The number of ketones is 1. The summed E-state index contributed by atoms with van der Waals surface area (Å²) in [6.45, 7) is 8.35. The number of pyridine rings is 2. The molecule has 1 aliphatic heterocycles. The highest BCUT2D eigenvalue weighted by molar-refractivity contribution is 6.11. The van der Waals surface area contributed by atoms with Crippen LogP contribution in [0, 0.1) is 5.92 Å². The van der Waals surface area contributed by atoms with E-state index < -0.39 is 0 Å². The zero-order valence-electron chi connectivity index (χ0n) is 22.4. The van der Waals surface area contributed by atoms with Crippen molar-refractivity contribution in [1.82, 2.24) is 25.1 Å². The van der Waals surface area contributed by atoms with Crippen molar-refractivity contribution in [3.05, 3.63) is 71.9 Å². The van der Waals surface area contributed by atoms with Crippen LogP contribution in [0.1, 0.15) is 59.7 Å². The number of benzene rings is 1. The summed E-state index contributed by atoms with van der Waals surface area (Å²) < 4.78 is 5.45. The average Bonchev–Trinajstić information content (AvgIpc) is 3.40. The Morgan fingerprint density at radius 1 is 1.03 bits per heavy atom. The first-order chi connectivity index (χ1) is 19.0. The molecule has 0 saturated carbocycles. The van der Waals surface area contributed by atoms with Crippen molar-refractivity contribution in [3.8, 4) is 11.1 Å². The molecule has 2 N–H and O–H groups in total. The van der Waals surface area contributed by atoms with Crippen LogP contribution in [0.2, 0.25) is 0 Å². The third kappa shape index (κ3) is 6.38. The molecule has 9 heteroatoms. The molecule has 0 aliphatic carbocycles. The predicted molar refractivity (Wildman–Crippen MR) is 151 cm³/mol. The Kier molecular flexibility index (Phi) is 8.39. The molecule has 9 nitrogen and oxygen atoms in total. The van der Waals surface area contributed by atoms with Gasteiger partial charge < -0.3 is 10.1 Å². The largest absolute Gasteiger partial charge is 0.379 e. The van der Waals surface area contributed by atoms with Gasteiger partial charge in [0.15, 0.2) is 11.5 Å². The minimum atomic E-state index is -0.351. The van der Waals surface area contributed by atoms with Crippen molar-refractivity contribution in [2.75, 3.05) is 31.6 Å². The third-order valence-corrected chi connectivity index (χ3v) is 7.35. The van der Waals surface area contributed by atoms with Crippen LogP contribution in [0.5, 0.6) is 0 Å². The second-order valence-corrected chi connectivity index (χ2v) is 10.00. The Balaban J connectivity index is 1.30. The van der Waals surface area contributed by atoms with Gasteiger partial charge >= 0.3 is 0 Å². The van der Waals surface area contributed by atoms with Gasteiger partial charge in [0.25, 0.3) is 5.91 Å². The topological polar surface area (TPSA) is 113 Å². The summed E-state index contributed by atoms with van der Waals surface area (Å²) in [6, 6.07) is 11.4. The molecule has 0 bridgehead atoms. The molecule has 4 heterocycles. The summed E-state index contributed by atoms with van der Waals surface area (Å²) in [5, 5.41) is 10.8. The third-order valence-electron chi connectivity index (χ3n) is 7.35. The first-order valence-corrected chi connectivity index (χ1v) is 13.6. The summed E-state index contributed by atoms with van der Waals surface area (Å²) >= 11 is 0. The van der Waals surface area contributed by atoms with E-state index in [2.05, 4.69) is 50.3 Å². The Morgan fingerprint density at radius 3 is 2.59 bits per heavy atom. The van der Waals surface area contributed by atoms with Gasteiger partial charge in [-0.2, -0.15) is 5.10 Å². The second-order valence-electron chi connectivity index (χ2n) is 10.00. The molecule has 0 spiro atoms. The molecule has 3 aromatic heterocycles. The normalized spacial score (nSPS) is 14.1. The number of ether oxygens (including phenoxy) is 1. The van der Waals surface area contributed by atoms with E-state index >= 15 is 0 Å². The van der Waals surface area contributed by atoms with Crippen LogP contribution >= 0.6 is 0 Å². The predicted octanol–water partition coefficient (Wildman–Crippen LogP) is 5.11. The number of aromatic nitrogens is 4. The van der Waals surface area contributed by atoms with Gasteiger partial charge in [-0.15, -0.1) is 0 Å². The molecular weight excluding hydrogens is 492 g/mol. The number of rotatable bonds is 10. The molecule has 4 aromatic rings. The maximum Gasteiger partial charge on any atom is 0.276 e. The van der Waals surface area contributed by atoms with Gasteiger partial charge in [-0.3, -0.25) is 29.6 Å². The van der Waals surface area contributed by atoms with Crippen molar-refractivity contribution in [2.45, 2.75) is 39.7 Å². The Bertz CT molecular complexity index is 1440. The lowest BCUT2D eigenvalue weighted by atomic mass is 9.96. The SMILES string of the molecule is CCC(CC)CC(=O)c1ccc(NC(=O)c2n[nH]c3ccc(-c4cncc(CN5CCOCC5)c4)cc23)cn1. The van der Waals surface area contributed by atoms with E-state index in [1.807, 2.05) is 30.6 Å². The van der Waals surface area contributed by atoms with Crippen molar-refractivity contribution in [2.24, 2.45) is 5.92 Å². The lowest BCUT2D eigenvalue weighted by Gasteiger charge is -2.26. The quantitative estimate of drug-likeness (QED) is 0.276. The molecule has 1 saturated heterocycles. The molecule has 0 radical (unpaired) electrons. The minimum absolute atomic E-state index is 0.0240. The number of carbonyl (C=O) groups is 2. The van der Waals surface area contributed by atoms with Gasteiger partial charge in [0, 0.05) is 49.4 Å². The van der Waals surface area contributed by atoms with Gasteiger partial charge in [-0.25, -0.2) is 0 Å². The monoisotopic (exact) mass is 526 g/mol. The highest BCUT2D eigenvalue weighted by Gasteiger charge is 2.18. The van der Waals surface area contributed by atoms with E-state index in [4.69, 9.17) is 4.74 Å². The number of aromatic amines is 1. The highest BCUT2D eigenvalue weighted by Crippen LogP contribution is 2.26. The summed E-state index contributed by atoms with van der Waals surface area (Å²) in [4.78, 5) is 36.8. The molecule has 5 rings (SSSR count). The molecule has 1 aromatic carbocycles. The minimum Gasteiger partial charge on any atom is -0.379 e. The number of fused-ring (bicyclic) bond motifs is 1. The number of amides is 1. The highest BCUT2D eigenvalue weighted by atomic mass is 16.5. The number of H-pyrrole nitrogens is 1. The van der Waals surface area contributed by atoms with Crippen LogP contribution in [0.4, 0.5) is 5.69 Å². The fourth-order valence-electron chi connectivity index (χ4n) is 4.88. The maximum absolute atomic E-state index is 13.1.